The molecule has 0 bridgehead atoms. The first-order valence-electron chi connectivity index (χ1n) is 9.92. The third-order valence-corrected chi connectivity index (χ3v) is 9.06. The molecule has 4 aliphatic carbocycles. The Morgan fingerprint density at radius 2 is 1.84 bits per heavy atom. The van der Waals surface area contributed by atoms with E-state index in [1.54, 1.807) is 0 Å². The Morgan fingerprint density at radius 3 is 2.52 bits per heavy atom. The van der Waals surface area contributed by atoms with Gasteiger partial charge in [0.1, 0.15) is 0 Å². The van der Waals surface area contributed by atoms with E-state index >= 15 is 0 Å². The molecule has 4 rings (SSSR count). The van der Waals surface area contributed by atoms with Gasteiger partial charge in [-0.1, -0.05) is 26.3 Å². The van der Waals surface area contributed by atoms with E-state index in [2.05, 4.69) is 26.3 Å². The molecule has 0 aromatic heterocycles. The lowest BCUT2D eigenvalue weighted by Gasteiger charge is -2.62. The Bertz CT molecular complexity index is 636. The highest BCUT2D eigenvalue weighted by atomic mass is 16.3. The van der Waals surface area contributed by atoms with Gasteiger partial charge in [0.2, 0.25) is 0 Å². The van der Waals surface area contributed by atoms with Crippen LogP contribution in [0.1, 0.15) is 58.8 Å². The summed E-state index contributed by atoms with van der Waals surface area (Å²) in [6.07, 6.45) is 11.3. The minimum absolute atomic E-state index is 0.175. The lowest BCUT2D eigenvalue weighted by Crippen LogP contribution is -2.60. The second-order valence-electron chi connectivity index (χ2n) is 9.84. The Hall–Kier alpha value is -0.820. The van der Waals surface area contributed by atoms with Crippen molar-refractivity contribution in [1.29, 1.82) is 0 Å². The first-order chi connectivity index (χ1) is 11.7. The fraction of sp³-hybridized carbons (Fsp3) is 0.818. The van der Waals surface area contributed by atoms with Gasteiger partial charge in [0, 0.05) is 5.41 Å². The third kappa shape index (κ3) is 2.05. The maximum absolute atomic E-state index is 11.2. The van der Waals surface area contributed by atoms with Gasteiger partial charge in [0.05, 0.1) is 12.2 Å². The fourth-order valence-corrected chi connectivity index (χ4v) is 7.44. The van der Waals surface area contributed by atoms with Crippen LogP contribution < -0.4 is 0 Å². The Labute approximate surface area is 151 Å². The van der Waals surface area contributed by atoms with E-state index in [1.165, 1.54) is 0 Å². The normalized spacial score (nSPS) is 58.0. The van der Waals surface area contributed by atoms with Crippen molar-refractivity contribution in [2.24, 2.45) is 34.5 Å². The van der Waals surface area contributed by atoms with Gasteiger partial charge in [-0.3, -0.25) is 0 Å². The first kappa shape index (κ1) is 17.6. The van der Waals surface area contributed by atoms with E-state index in [0.29, 0.717) is 11.8 Å². The maximum atomic E-state index is 11.2. The molecule has 3 nitrogen and oxygen atoms in total. The molecule has 0 aliphatic heterocycles. The van der Waals surface area contributed by atoms with Crippen LogP contribution in [-0.4, -0.2) is 33.1 Å². The summed E-state index contributed by atoms with van der Waals surface area (Å²) in [4.78, 5) is 0. The molecule has 0 saturated heterocycles. The van der Waals surface area contributed by atoms with Crippen molar-refractivity contribution in [3.05, 3.63) is 12.2 Å². The molecule has 0 amide bonds. The van der Waals surface area contributed by atoms with Crippen LogP contribution in [0.4, 0.5) is 0 Å². The lowest BCUT2D eigenvalue weighted by molar-refractivity contribution is -0.182. The molecule has 0 aromatic carbocycles. The molecule has 4 aliphatic rings. The number of hydrogen-bond donors (Lipinski definition) is 3. The van der Waals surface area contributed by atoms with Gasteiger partial charge < -0.3 is 15.3 Å². The highest BCUT2D eigenvalue weighted by Crippen LogP contribution is 2.68. The van der Waals surface area contributed by atoms with Gasteiger partial charge in [-0.2, -0.15) is 0 Å². The molecule has 0 aromatic rings. The lowest BCUT2D eigenvalue weighted by atomic mass is 9.43. The van der Waals surface area contributed by atoms with Crippen LogP contribution in [0.25, 0.3) is 0 Å². The van der Waals surface area contributed by atoms with Crippen molar-refractivity contribution in [2.75, 3.05) is 0 Å². The van der Waals surface area contributed by atoms with Gasteiger partial charge >= 0.3 is 0 Å². The van der Waals surface area contributed by atoms with Crippen LogP contribution >= 0.6 is 0 Å². The molecule has 25 heavy (non-hydrogen) atoms. The van der Waals surface area contributed by atoms with E-state index in [4.69, 9.17) is 6.42 Å². The summed E-state index contributed by atoms with van der Waals surface area (Å²) in [5.41, 5.74) is -0.703. The molecule has 0 radical (unpaired) electrons. The van der Waals surface area contributed by atoms with Crippen molar-refractivity contribution in [2.45, 2.75) is 76.6 Å². The maximum Gasteiger partial charge on any atom is 0.152 e. The molecule has 0 spiro atoms. The number of hydrogen-bond acceptors (Lipinski definition) is 3. The number of terminal acetylenes is 1. The topological polar surface area (TPSA) is 60.7 Å². The second-order valence-corrected chi connectivity index (χ2v) is 9.84. The zero-order valence-corrected chi connectivity index (χ0v) is 15.5. The number of fused-ring (bicyclic) bond motifs is 5. The minimum Gasteiger partial charge on any atom is -0.393 e. The van der Waals surface area contributed by atoms with Crippen LogP contribution in [0.3, 0.4) is 0 Å². The Morgan fingerprint density at radius 1 is 1.12 bits per heavy atom. The molecule has 9 atom stereocenters. The predicted molar refractivity (Wildman–Crippen MR) is 97.4 cm³/mol. The minimum atomic E-state index is -1.25. The molecule has 4 saturated carbocycles. The van der Waals surface area contributed by atoms with Crippen molar-refractivity contribution in [3.63, 3.8) is 0 Å². The number of aliphatic hydroxyl groups is 3. The molecule has 3 unspecified atom stereocenters. The van der Waals surface area contributed by atoms with Crippen LogP contribution in [0.15, 0.2) is 12.2 Å². The van der Waals surface area contributed by atoms with E-state index in [-0.39, 0.29) is 29.5 Å². The van der Waals surface area contributed by atoms with Gasteiger partial charge in [-0.05, 0) is 79.6 Å². The summed E-state index contributed by atoms with van der Waals surface area (Å²) in [7, 11) is 0. The first-order valence-corrected chi connectivity index (χ1v) is 9.92. The van der Waals surface area contributed by atoms with Crippen molar-refractivity contribution >= 4 is 0 Å². The molecule has 0 heterocycles. The predicted octanol–water partition coefficient (Wildman–Crippen LogP) is 2.89. The molecule has 4 fully saturated rings. The van der Waals surface area contributed by atoms with Crippen LogP contribution in [-0.2, 0) is 0 Å². The van der Waals surface area contributed by atoms with Crippen LogP contribution in [0, 0.1) is 46.8 Å². The van der Waals surface area contributed by atoms with E-state index in [1.807, 2.05) is 0 Å². The highest BCUT2D eigenvalue weighted by Gasteiger charge is 2.67. The molecular formula is C22H32O3. The zero-order chi connectivity index (χ0) is 18.2. The Balaban J connectivity index is 1.73. The van der Waals surface area contributed by atoms with Gasteiger partial charge in [-0.15, -0.1) is 6.42 Å². The summed E-state index contributed by atoms with van der Waals surface area (Å²) in [6.45, 7) is 8.60. The number of aliphatic hydroxyl groups excluding tert-OH is 2. The SMILES string of the molecule is C#C[C@@]1(O)C(=C)CC2C3C(CC[C@@]21C)[C@@]1(C)CC[C@H](O)C[C@H]1C[C@@H]3O. The monoisotopic (exact) mass is 344 g/mol. The molecule has 3 heteroatoms. The summed E-state index contributed by atoms with van der Waals surface area (Å²) >= 11 is 0. The summed E-state index contributed by atoms with van der Waals surface area (Å²) in [6, 6.07) is 0. The van der Waals surface area contributed by atoms with Crippen LogP contribution in [0.2, 0.25) is 0 Å². The summed E-state index contributed by atoms with van der Waals surface area (Å²) in [5.74, 6) is 3.86. The van der Waals surface area contributed by atoms with Crippen LogP contribution in [0.5, 0.6) is 0 Å². The van der Waals surface area contributed by atoms with E-state index in [0.717, 1.165) is 50.5 Å². The zero-order valence-electron chi connectivity index (χ0n) is 15.5. The quantitative estimate of drug-likeness (QED) is 0.468. The number of rotatable bonds is 0. The molecular weight excluding hydrogens is 312 g/mol. The average molecular weight is 344 g/mol. The summed E-state index contributed by atoms with van der Waals surface area (Å²) in [5, 5.41) is 32.4. The average Bonchev–Trinajstić information content (AvgIpc) is 2.77. The van der Waals surface area contributed by atoms with Crippen molar-refractivity contribution < 1.29 is 15.3 Å². The Kier molecular flexibility index (Phi) is 3.76. The molecule has 3 N–H and O–H groups in total. The van der Waals surface area contributed by atoms with E-state index < -0.39 is 11.0 Å². The van der Waals surface area contributed by atoms with Gasteiger partial charge in [0.15, 0.2) is 5.60 Å². The molecule has 138 valence electrons. The smallest absolute Gasteiger partial charge is 0.152 e. The standard InChI is InChI=1S/C22H32O3/c1-5-22(25)13(2)10-17-19-16(7-9-21(17,22)4)20(3)8-6-15(23)11-14(20)12-18(19)24/h1,14-19,23-25H,2,6-12H2,3-4H3/t14-,15-,16?,17?,18-,19?,20-,21-,22+/m0/s1. The highest BCUT2D eigenvalue weighted by molar-refractivity contribution is 5.39. The fourth-order valence-electron chi connectivity index (χ4n) is 7.44. The van der Waals surface area contributed by atoms with Gasteiger partial charge in [0.25, 0.3) is 0 Å². The van der Waals surface area contributed by atoms with Crippen molar-refractivity contribution in [3.8, 4) is 12.3 Å². The van der Waals surface area contributed by atoms with E-state index in [9.17, 15) is 15.3 Å². The van der Waals surface area contributed by atoms with Crippen molar-refractivity contribution in [1.82, 2.24) is 0 Å². The third-order valence-electron chi connectivity index (χ3n) is 9.06. The largest absolute Gasteiger partial charge is 0.393 e. The summed E-state index contributed by atoms with van der Waals surface area (Å²) < 4.78 is 0. The second kappa shape index (κ2) is 5.35. The van der Waals surface area contributed by atoms with Gasteiger partial charge in [-0.25, -0.2) is 0 Å².